The number of fused-ring (bicyclic) bond motifs is 1. The van der Waals surface area contributed by atoms with Gasteiger partial charge in [-0.05, 0) is 37.3 Å². The summed E-state index contributed by atoms with van der Waals surface area (Å²) < 4.78 is 15.5. The smallest absolute Gasteiger partial charge is 0.143 e. The van der Waals surface area contributed by atoms with E-state index in [-0.39, 0.29) is 11.1 Å². The van der Waals surface area contributed by atoms with E-state index in [9.17, 15) is 4.39 Å². The summed E-state index contributed by atoms with van der Waals surface area (Å²) in [4.78, 5) is 4.63. The maximum absolute atomic E-state index is 13.5. The van der Waals surface area contributed by atoms with Gasteiger partial charge in [-0.15, -0.1) is 0 Å². The zero-order valence-corrected chi connectivity index (χ0v) is 12.5. The second-order valence-electron chi connectivity index (χ2n) is 5.01. The monoisotopic (exact) mass is 303 g/mol. The topological polar surface area (TPSA) is 29.9 Å². The largest absolute Gasteiger partial charge is 0.375 e. The van der Waals surface area contributed by atoms with Gasteiger partial charge in [0.2, 0.25) is 0 Å². The van der Waals surface area contributed by atoms with Gasteiger partial charge in [-0.2, -0.15) is 0 Å². The summed E-state index contributed by atoms with van der Waals surface area (Å²) in [5, 5.41) is 3.37. The molecule has 1 heterocycles. The number of hydrogen-bond acceptors (Lipinski definition) is 2. The Labute approximate surface area is 127 Å². The first-order chi connectivity index (χ1) is 10.1. The number of benzene rings is 2. The van der Waals surface area contributed by atoms with Gasteiger partial charge in [0.1, 0.15) is 11.6 Å². The van der Waals surface area contributed by atoms with Crippen LogP contribution >= 0.6 is 11.6 Å². The molecule has 21 heavy (non-hydrogen) atoms. The van der Waals surface area contributed by atoms with Crippen LogP contribution in [0.25, 0.3) is 11.0 Å². The average molecular weight is 304 g/mol. The number of halogens is 2. The highest BCUT2D eigenvalue weighted by molar-refractivity contribution is 6.30. The minimum Gasteiger partial charge on any atom is -0.375 e. The molecule has 0 aliphatic carbocycles. The fraction of sp³-hybridized carbons (Fsp3) is 0.188. The molecule has 0 saturated carbocycles. The van der Waals surface area contributed by atoms with Crippen molar-refractivity contribution in [2.24, 2.45) is 7.05 Å². The van der Waals surface area contributed by atoms with E-state index >= 15 is 0 Å². The second-order valence-corrected chi connectivity index (χ2v) is 5.42. The van der Waals surface area contributed by atoms with Crippen molar-refractivity contribution >= 4 is 28.3 Å². The molecule has 5 heteroatoms. The number of aromatic nitrogens is 2. The molecule has 1 unspecified atom stereocenters. The number of imidazole rings is 1. The van der Waals surface area contributed by atoms with Crippen molar-refractivity contribution in [3.63, 3.8) is 0 Å². The van der Waals surface area contributed by atoms with Crippen LogP contribution < -0.4 is 5.32 Å². The summed E-state index contributed by atoms with van der Waals surface area (Å²) in [5.74, 6) is 0.463. The van der Waals surface area contributed by atoms with Crippen molar-refractivity contribution in [3.05, 3.63) is 59.1 Å². The first-order valence-corrected chi connectivity index (χ1v) is 7.07. The Hall–Kier alpha value is -2.07. The lowest BCUT2D eigenvalue weighted by Gasteiger charge is -2.15. The van der Waals surface area contributed by atoms with Crippen molar-refractivity contribution in [1.29, 1.82) is 0 Å². The Morgan fingerprint density at radius 2 is 2.00 bits per heavy atom. The van der Waals surface area contributed by atoms with Crippen LogP contribution in [0.4, 0.5) is 10.1 Å². The van der Waals surface area contributed by atoms with E-state index in [2.05, 4.69) is 10.3 Å². The van der Waals surface area contributed by atoms with Crippen LogP contribution in [0.3, 0.4) is 0 Å². The van der Waals surface area contributed by atoms with Crippen molar-refractivity contribution < 1.29 is 4.39 Å². The van der Waals surface area contributed by atoms with Crippen LogP contribution in [-0.4, -0.2) is 9.55 Å². The summed E-state index contributed by atoms with van der Waals surface area (Å²) in [6.45, 7) is 1.99. The van der Waals surface area contributed by atoms with Crippen molar-refractivity contribution in [3.8, 4) is 0 Å². The van der Waals surface area contributed by atoms with E-state index in [1.165, 1.54) is 6.07 Å². The summed E-state index contributed by atoms with van der Waals surface area (Å²) in [7, 11) is 1.98. The van der Waals surface area contributed by atoms with Gasteiger partial charge >= 0.3 is 0 Å². The predicted molar refractivity (Wildman–Crippen MR) is 84.2 cm³/mol. The molecule has 3 nitrogen and oxygen atoms in total. The molecule has 0 radical (unpaired) electrons. The number of para-hydroxylation sites is 2. The van der Waals surface area contributed by atoms with E-state index in [4.69, 9.17) is 11.6 Å². The number of hydrogen-bond donors (Lipinski definition) is 1. The zero-order chi connectivity index (χ0) is 15.0. The van der Waals surface area contributed by atoms with Crippen molar-refractivity contribution in [1.82, 2.24) is 9.55 Å². The van der Waals surface area contributed by atoms with Crippen molar-refractivity contribution in [2.45, 2.75) is 13.0 Å². The highest BCUT2D eigenvalue weighted by Gasteiger charge is 2.14. The van der Waals surface area contributed by atoms with Crippen LogP contribution in [0.1, 0.15) is 18.8 Å². The summed E-state index contributed by atoms with van der Waals surface area (Å²) in [5.41, 5.74) is 2.70. The first kappa shape index (κ1) is 13.9. The third kappa shape index (κ3) is 2.59. The fourth-order valence-electron chi connectivity index (χ4n) is 2.45. The molecule has 0 saturated heterocycles. The molecule has 0 aliphatic heterocycles. The maximum atomic E-state index is 13.5. The molecule has 108 valence electrons. The predicted octanol–water partition coefficient (Wildman–Crippen LogP) is 4.54. The lowest BCUT2D eigenvalue weighted by molar-refractivity contribution is 0.628. The standard InChI is InChI=1S/C16H15ClFN3/c1-10(19-11-7-8-12(17)13(18)9-11)16-20-14-5-3-4-6-15(14)21(16)2/h3-10,19H,1-2H3. The molecule has 0 aliphatic rings. The van der Waals surface area contributed by atoms with Crippen LogP contribution in [-0.2, 0) is 7.05 Å². The Bertz CT molecular complexity index is 797. The zero-order valence-electron chi connectivity index (χ0n) is 11.8. The van der Waals surface area contributed by atoms with E-state index < -0.39 is 5.82 Å². The molecule has 0 fully saturated rings. The van der Waals surface area contributed by atoms with Gasteiger partial charge in [0, 0.05) is 12.7 Å². The lowest BCUT2D eigenvalue weighted by Crippen LogP contribution is -2.12. The Morgan fingerprint density at radius 3 is 2.71 bits per heavy atom. The Kier molecular flexibility index (Phi) is 3.55. The summed E-state index contributed by atoms with van der Waals surface area (Å²) in [6, 6.07) is 12.6. The quantitative estimate of drug-likeness (QED) is 0.770. The molecule has 3 aromatic rings. The number of nitrogens with zero attached hydrogens (tertiary/aromatic N) is 2. The van der Waals surface area contributed by atoms with Gasteiger partial charge in [-0.1, -0.05) is 23.7 Å². The highest BCUT2D eigenvalue weighted by atomic mass is 35.5. The lowest BCUT2D eigenvalue weighted by atomic mass is 10.2. The molecule has 1 atom stereocenters. The SMILES string of the molecule is CC(Nc1ccc(Cl)c(F)c1)c1nc2ccccc2n1C. The third-order valence-corrected chi connectivity index (χ3v) is 3.82. The van der Waals surface area contributed by atoms with E-state index in [1.54, 1.807) is 12.1 Å². The summed E-state index contributed by atoms with van der Waals surface area (Å²) in [6.07, 6.45) is 0. The first-order valence-electron chi connectivity index (χ1n) is 6.69. The average Bonchev–Trinajstić information content (AvgIpc) is 2.81. The van der Waals surface area contributed by atoms with Gasteiger partial charge in [-0.25, -0.2) is 9.37 Å². The van der Waals surface area contributed by atoms with Gasteiger partial charge in [0.25, 0.3) is 0 Å². The third-order valence-electron chi connectivity index (χ3n) is 3.51. The van der Waals surface area contributed by atoms with E-state index in [0.29, 0.717) is 5.69 Å². The number of anilines is 1. The maximum Gasteiger partial charge on any atom is 0.143 e. The fourth-order valence-corrected chi connectivity index (χ4v) is 2.57. The molecule has 0 amide bonds. The van der Waals surface area contributed by atoms with Crippen LogP contribution in [0.15, 0.2) is 42.5 Å². The van der Waals surface area contributed by atoms with Gasteiger partial charge in [-0.3, -0.25) is 0 Å². The van der Waals surface area contributed by atoms with Gasteiger partial charge < -0.3 is 9.88 Å². The molecule has 1 N–H and O–H groups in total. The van der Waals surface area contributed by atoms with Crippen LogP contribution in [0.5, 0.6) is 0 Å². The summed E-state index contributed by atoms with van der Waals surface area (Å²) >= 11 is 5.69. The normalized spacial score (nSPS) is 12.6. The molecule has 3 rings (SSSR count). The van der Waals surface area contributed by atoms with E-state index in [1.807, 2.05) is 42.8 Å². The Balaban J connectivity index is 1.91. The van der Waals surface area contributed by atoms with E-state index in [0.717, 1.165) is 16.9 Å². The highest BCUT2D eigenvalue weighted by Crippen LogP contribution is 2.24. The Morgan fingerprint density at radius 1 is 1.24 bits per heavy atom. The number of nitrogens with one attached hydrogen (secondary N) is 1. The van der Waals surface area contributed by atoms with Crippen LogP contribution in [0, 0.1) is 5.82 Å². The number of rotatable bonds is 3. The molecule has 1 aromatic heterocycles. The molecule has 0 bridgehead atoms. The van der Waals surface area contributed by atoms with Crippen molar-refractivity contribution in [2.75, 3.05) is 5.32 Å². The van der Waals surface area contributed by atoms with Crippen LogP contribution in [0.2, 0.25) is 5.02 Å². The second kappa shape index (κ2) is 5.37. The minimum absolute atomic E-state index is 0.0528. The minimum atomic E-state index is -0.432. The molecular formula is C16H15ClFN3. The van der Waals surface area contributed by atoms with Gasteiger partial charge in [0.05, 0.1) is 22.1 Å². The van der Waals surface area contributed by atoms with Gasteiger partial charge in [0.15, 0.2) is 0 Å². The number of aryl methyl sites for hydroxylation is 1. The molecular weight excluding hydrogens is 289 g/mol. The molecule has 0 spiro atoms. The molecule has 2 aromatic carbocycles.